The molecule has 1 saturated heterocycles. The molecule has 1 fully saturated rings. The second-order valence-electron chi connectivity index (χ2n) is 10.5. The minimum Gasteiger partial charge on any atom is -0.497 e. The average Bonchev–Trinajstić information content (AvgIpc) is 2.93. The lowest BCUT2D eigenvalue weighted by molar-refractivity contribution is -0.115. The Hall–Kier alpha value is -3.80. The number of piperidine rings is 1. The summed E-state index contributed by atoms with van der Waals surface area (Å²) in [6.45, 7) is 6.57. The van der Waals surface area contributed by atoms with Crippen molar-refractivity contribution in [2.45, 2.75) is 39.5 Å². The zero-order chi connectivity index (χ0) is 26.9. The van der Waals surface area contributed by atoms with Crippen LogP contribution in [0.4, 0.5) is 11.4 Å². The Morgan fingerprint density at radius 2 is 1.66 bits per heavy atom. The molecule has 2 amide bonds. The van der Waals surface area contributed by atoms with Crippen molar-refractivity contribution < 1.29 is 14.3 Å². The molecular weight excluding hydrogens is 474 g/mol. The monoisotopic (exact) mass is 513 g/mol. The Morgan fingerprint density at radius 1 is 0.947 bits per heavy atom. The molecule has 4 rings (SSSR count). The minimum absolute atomic E-state index is 0.105. The van der Waals surface area contributed by atoms with E-state index in [1.165, 1.54) is 5.56 Å². The van der Waals surface area contributed by atoms with Gasteiger partial charge in [0.1, 0.15) is 5.75 Å². The van der Waals surface area contributed by atoms with Crippen molar-refractivity contribution in [2.24, 2.45) is 11.8 Å². The summed E-state index contributed by atoms with van der Waals surface area (Å²) in [5, 5.41) is 6.04. The third-order valence-corrected chi connectivity index (χ3v) is 7.04. The molecule has 0 atom stereocenters. The number of nitrogens with zero attached hydrogens (tertiary/aromatic N) is 1. The van der Waals surface area contributed by atoms with Crippen LogP contribution in [0.2, 0.25) is 0 Å². The van der Waals surface area contributed by atoms with E-state index < -0.39 is 0 Å². The SMILES string of the molecule is COc1ccc(CC(=O)Nc2ccc(N3CCC(Cc4ccccc4)CC3)c(C(=O)NCC(C)C)c2)cc1. The maximum atomic E-state index is 13.2. The lowest BCUT2D eigenvalue weighted by atomic mass is 9.89. The van der Waals surface area contributed by atoms with E-state index in [4.69, 9.17) is 4.74 Å². The molecule has 1 heterocycles. The van der Waals surface area contributed by atoms with Crippen LogP contribution in [0.25, 0.3) is 0 Å². The first-order valence-corrected chi connectivity index (χ1v) is 13.5. The molecule has 1 aliphatic rings. The topological polar surface area (TPSA) is 70.7 Å². The molecular formula is C32H39N3O3. The smallest absolute Gasteiger partial charge is 0.253 e. The number of rotatable bonds is 10. The summed E-state index contributed by atoms with van der Waals surface area (Å²) in [6.07, 6.45) is 3.51. The molecule has 0 unspecified atom stereocenters. The largest absolute Gasteiger partial charge is 0.497 e. The quantitative estimate of drug-likeness (QED) is 0.364. The normalized spacial score (nSPS) is 13.8. The van der Waals surface area contributed by atoms with Gasteiger partial charge >= 0.3 is 0 Å². The van der Waals surface area contributed by atoms with Crippen molar-refractivity contribution >= 4 is 23.2 Å². The number of methoxy groups -OCH3 is 1. The van der Waals surface area contributed by atoms with Gasteiger partial charge in [-0.05, 0) is 72.6 Å². The number of anilines is 2. The van der Waals surface area contributed by atoms with Crippen LogP contribution >= 0.6 is 0 Å². The molecule has 6 heteroatoms. The van der Waals surface area contributed by atoms with E-state index in [0.717, 1.165) is 49.4 Å². The van der Waals surface area contributed by atoms with Crippen molar-refractivity contribution in [1.82, 2.24) is 5.32 Å². The molecule has 0 saturated carbocycles. The molecule has 2 N–H and O–H groups in total. The summed E-state index contributed by atoms with van der Waals surface area (Å²) >= 11 is 0. The second kappa shape index (κ2) is 13.1. The van der Waals surface area contributed by atoms with Crippen LogP contribution < -0.4 is 20.3 Å². The molecule has 0 bridgehead atoms. The highest BCUT2D eigenvalue weighted by Gasteiger charge is 2.24. The standard InChI is InChI=1S/C32H39N3O3/c1-23(2)22-33-32(37)29-21-27(34-31(36)20-25-9-12-28(38-3)13-10-25)11-14-30(29)35-17-15-26(16-18-35)19-24-7-5-4-6-8-24/h4-14,21,23,26H,15-20,22H2,1-3H3,(H,33,37)(H,34,36). The summed E-state index contributed by atoms with van der Waals surface area (Å²) in [4.78, 5) is 28.3. The van der Waals surface area contributed by atoms with E-state index in [1.54, 1.807) is 7.11 Å². The van der Waals surface area contributed by atoms with Gasteiger partial charge in [0.2, 0.25) is 5.91 Å². The third kappa shape index (κ3) is 7.60. The van der Waals surface area contributed by atoms with Crippen LogP contribution in [-0.4, -0.2) is 38.6 Å². The van der Waals surface area contributed by atoms with Crippen LogP contribution in [-0.2, 0) is 17.6 Å². The highest BCUT2D eigenvalue weighted by atomic mass is 16.5. The van der Waals surface area contributed by atoms with Gasteiger partial charge in [-0.3, -0.25) is 9.59 Å². The number of carbonyl (C=O) groups excluding carboxylic acids is 2. The Bertz CT molecular complexity index is 1200. The van der Waals surface area contributed by atoms with Crippen molar-refractivity contribution in [3.63, 3.8) is 0 Å². The Kier molecular flexibility index (Phi) is 9.41. The van der Waals surface area contributed by atoms with E-state index in [1.807, 2.05) is 42.5 Å². The van der Waals surface area contributed by atoms with Crippen molar-refractivity contribution in [2.75, 3.05) is 37.0 Å². The fraction of sp³-hybridized carbons (Fsp3) is 0.375. The molecule has 200 valence electrons. The zero-order valence-electron chi connectivity index (χ0n) is 22.7. The number of carbonyl (C=O) groups is 2. The number of ether oxygens (including phenoxy) is 1. The first-order chi connectivity index (χ1) is 18.4. The van der Waals surface area contributed by atoms with Crippen LogP contribution in [0.1, 0.15) is 48.2 Å². The van der Waals surface area contributed by atoms with E-state index in [0.29, 0.717) is 29.6 Å². The molecule has 0 spiro atoms. The van der Waals surface area contributed by atoms with Crippen molar-refractivity contribution in [1.29, 1.82) is 0 Å². The minimum atomic E-state index is -0.127. The Morgan fingerprint density at radius 3 is 2.32 bits per heavy atom. The van der Waals surface area contributed by atoms with Gasteiger partial charge in [0.05, 0.1) is 19.1 Å². The van der Waals surface area contributed by atoms with E-state index >= 15 is 0 Å². The molecule has 0 aromatic heterocycles. The van der Waals surface area contributed by atoms with E-state index in [-0.39, 0.29) is 18.2 Å². The number of benzene rings is 3. The maximum absolute atomic E-state index is 13.2. The third-order valence-electron chi connectivity index (χ3n) is 7.04. The van der Waals surface area contributed by atoms with Gasteiger partial charge < -0.3 is 20.3 Å². The van der Waals surface area contributed by atoms with Gasteiger partial charge in [-0.25, -0.2) is 0 Å². The van der Waals surface area contributed by atoms with Crippen LogP contribution in [0.3, 0.4) is 0 Å². The fourth-order valence-electron chi connectivity index (χ4n) is 4.92. The lowest BCUT2D eigenvalue weighted by Crippen LogP contribution is -2.36. The first kappa shape index (κ1) is 27.2. The van der Waals surface area contributed by atoms with Crippen LogP contribution in [0, 0.1) is 11.8 Å². The number of hydrogen-bond donors (Lipinski definition) is 2. The maximum Gasteiger partial charge on any atom is 0.253 e. The number of amides is 2. The van der Waals surface area contributed by atoms with E-state index in [9.17, 15) is 9.59 Å². The molecule has 38 heavy (non-hydrogen) atoms. The van der Waals surface area contributed by atoms with Crippen molar-refractivity contribution in [3.8, 4) is 5.75 Å². The number of nitrogens with one attached hydrogen (secondary N) is 2. The lowest BCUT2D eigenvalue weighted by Gasteiger charge is -2.35. The van der Waals surface area contributed by atoms with Gasteiger partial charge in [0, 0.05) is 31.0 Å². The summed E-state index contributed by atoms with van der Waals surface area (Å²) in [5.41, 5.74) is 4.44. The van der Waals surface area contributed by atoms with Gasteiger partial charge in [0.15, 0.2) is 0 Å². The van der Waals surface area contributed by atoms with Crippen LogP contribution in [0.15, 0.2) is 72.8 Å². The highest BCUT2D eigenvalue weighted by molar-refractivity contribution is 6.02. The highest BCUT2D eigenvalue weighted by Crippen LogP contribution is 2.30. The second-order valence-corrected chi connectivity index (χ2v) is 10.5. The Balaban J connectivity index is 1.45. The fourth-order valence-corrected chi connectivity index (χ4v) is 4.92. The average molecular weight is 514 g/mol. The first-order valence-electron chi connectivity index (χ1n) is 13.5. The predicted octanol–water partition coefficient (Wildman–Crippen LogP) is 5.72. The Labute approximate surface area is 226 Å². The summed E-state index contributed by atoms with van der Waals surface area (Å²) < 4.78 is 5.19. The van der Waals surface area contributed by atoms with E-state index in [2.05, 4.69) is 59.7 Å². The van der Waals surface area contributed by atoms with Gasteiger partial charge in [-0.15, -0.1) is 0 Å². The molecule has 3 aromatic rings. The molecule has 3 aromatic carbocycles. The zero-order valence-corrected chi connectivity index (χ0v) is 22.7. The summed E-state index contributed by atoms with van der Waals surface area (Å²) in [7, 11) is 1.62. The van der Waals surface area contributed by atoms with Crippen LogP contribution in [0.5, 0.6) is 5.75 Å². The number of hydrogen-bond acceptors (Lipinski definition) is 4. The summed E-state index contributed by atoms with van der Waals surface area (Å²) in [5.74, 6) is 1.52. The molecule has 0 aliphatic carbocycles. The van der Waals surface area contributed by atoms with Gasteiger partial charge in [0.25, 0.3) is 5.91 Å². The molecule has 1 aliphatic heterocycles. The molecule has 6 nitrogen and oxygen atoms in total. The van der Waals surface area contributed by atoms with Crippen molar-refractivity contribution in [3.05, 3.63) is 89.5 Å². The predicted molar refractivity (Wildman–Crippen MR) is 154 cm³/mol. The molecule has 0 radical (unpaired) electrons. The summed E-state index contributed by atoms with van der Waals surface area (Å²) in [6, 6.07) is 23.8. The van der Waals surface area contributed by atoms with Gasteiger partial charge in [-0.2, -0.15) is 0 Å². The van der Waals surface area contributed by atoms with Gasteiger partial charge in [-0.1, -0.05) is 56.3 Å².